The fraction of sp³-hybridized carbons (Fsp3) is 1.00. The van der Waals surface area contributed by atoms with Crippen LogP contribution in [0.15, 0.2) is 0 Å². The molecular formula is C13H29NO4. The van der Waals surface area contributed by atoms with Crippen LogP contribution in [-0.2, 0) is 18.9 Å². The van der Waals surface area contributed by atoms with Gasteiger partial charge in [0.2, 0.25) is 0 Å². The van der Waals surface area contributed by atoms with Crippen LogP contribution in [0, 0.1) is 0 Å². The van der Waals surface area contributed by atoms with Gasteiger partial charge in [-0.05, 0) is 19.4 Å². The molecule has 110 valence electrons. The molecule has 0 rings (SSSR count). The first-order chi connectivity index (χ1) is 8.85. The van der Waals surface area contributed by atoms with Crippen LogP contribution in [-0.4, -0.2) is 66.4 Å². The molecule has 5 nitrogen and oxygen atoms in total. The first-order valence-electron chi connectivity index (χ1n) is 6.73. The minimum Gasteiger partial charge on any atom is -0.385 e. The van der Waals surface area contributed by atoms with Gasteiger partial charge >= 0.3 is 0 Å². The molecule has 0 bridgehead atoms. The summed E-state index contributed by atoms with van der Waals surface area (Å²) in [5.74, 6) is 0. The molecule has 0 aliphatic carbocycles. The molecule has 1 unspecified atom stereocenters. The van der Waals surface area contributed by atoms with Crippen molar-refractivity contribution in [1.29, 1.82) is 0 Å². The van der Waals surface area contributed by atoms with Gasteiger partial charge in [-0.25, -0.2) is 0 Å². The van der Waals surface area contributed by atoms with E-state index in [0.717, 1.165) is 39.1 Å². The summed E-state index contributed by atoms with van der Waals surface area (Å²) in [6.45, 7) is 7.29. The minimum atomic E-state index is 0.101. The zero-order chi connectivity index (χ0) is 13.5. The van der Waals surface area contributed by atoms with Crippen molar-refractivity contribution in [1.82, 2.24) is 5.32 Å². The van der Waals surface area contributed by atoms with Gasteiger partial charge in [0.15, 0.2) is 0 Å². The number of methoxy groups -OCH3 is 2. The van der Waals surface area contributed by atoms with Gasteiger partial charge in [-0.15, -0.1) is 0 Å². The molecule has 0 radical (unpaired) electrons. The molecule has 1 atom stereocenters. The molecule has 0 aliphatic heterocycles. The fourth-order valence-corrected chi connectivity index (χ4v) is 1.47. The van der Waals surface area contributed by atoms with E-state index in [-0.39, 0.29) is 6.10 Å². The predicted octanol–water partition coefficient (Wildman–Crippen LogP) is 1.07. The molecule has 18 heavy (non-hydrogen) atoms. The maximum Gasteiger partial charge on any atom is 0.0933 e. The van der Waals surface area contributed by atoms with Crippen LogP contribution in [0.4, 0.5) is 0 Å². The lowest BCUT2D eigenvalue weighted by Crippen LogP contribution is -2.33. The summed E-state index contributed by atoms with van der Waals surface area (Å²) in [6, 6.07) is 0. The number of hydrogen-bond acceptors (Lipinski definition) is 5. The van der Waals surface area contributed by atoms with Crippen LogP contribution in [0.25, 0.3) is 0 Å². The Bertz CT molecular complexity index is 158. The molecule has 0 aliphatic rings. The van der Waals surface area contributed by atoms with Gasteiger partial charge in [-0.3, -0.25) is 0 Å². The van der Waals surface area contributed by atoms with Crippen molar-refractivity contribution in [2.45, 2.75) is 25.9 Å². The monoisotopic (exact) mass is 263 g/mol. The van der Waals surface area contributed by atoms with Crippen LogP contribution in [0.3, 0.4) is 0 Å². The topological polar surface area (TPSA) is 49.0 Å². The van der Waals surface area contributed by atoms with Gasteiger partial charge in [0, 0.05) is 34.0 Å². The lowest BCUT2D eigenvalue weighted by Gasteiger charge is -2.17. The summed E-state index contributed by atoms with van der Waals surface area (Å²) in [5, 5.41) is 3.33. The number of hydrogen-bond donors (Lipinski definition) is 1. The molecule has 0 spiro atoms. The van der Waals surface area contributed by atoms with Crippen molar-refractivity contribution < 1.29 is 18.9 Å². The summed E-state index contributed by atoms with van der Waals surface area (Å²) in [6.07, 6.45) is 2.15. The number of ether oxygens (including phenoxy) is 4. The van der Waals surface area contributed by atoms with Crippen LogP contribution in [0.5, 0.6) is 0 Å². The van der Waals surface area contributed by atoms with Crippen molar-refractivity contribution in [2.24, 2.45) is 0 Å². The van der Waals surface area contributed by atoms with Gasteiger partial charge in [-0.1, -0.05) is 6.92 Å². The highest BCUT2D eigenvalue weighted by molar-refractivity contribution is 4.60. The Morgan fingerprint density at radius 1 is 1.00 bits per heavy atom. The first kappa shape index (κ1) is 17.8. The van der Waals surface area contributed by atoms with E-state index in [1.165, 1.54) is 0 Å². The third-order valence-electron chi connectivity index (χ3n) is 2.37. The highest BCUT2D eigenvalue weighted by Crippen LogP contribution is 1.93. The third-order valence-corrected chi connectivity index (χ3v) is 2.37. The average Bonchev–Trinajstić information content (AvgIpc) is 2.38. The molecule has 0 aromatic heterocycles. The van der Waals surface area contributed by atoms with Gasteiger partial charge in [0.1, 0.15) is 0 Å². The highest BCUT2D eigenvalue weighted by Gasteiger charge is 2.07. The highest BCUT2D eigenvalue weighted by atomic mass is 16.5. The van der Waals surface area contributed by atoms with E-state index in [0.29, 0.717) is 19.8 Å². The van der Waals surface area contributed by atoms with Crippen molar-refractivity contribution in [3.63, 3.8) is 0 Å². The maximum atomic E-state index is 5.69. The summed E-state index contributed by atoms with van der Waals surface area (Å²) < 4.78 is 21.2. The Morgan fingerprint density at radius 2 is 1.83 bits per heavy atom. The van der Waals surface area contributed by atoms with E-state index in [1.807, 2.05) is 0 Å². The van der Waals surface area contributed by atoms with E-state index in [2.05, 4.69) is 12.2 Å². The van der Waals surface area contributed by atoms with Gasteiger partial charge in [0.25, 0.3) is 0 Å². The minimum absolute atomic E-state index is 0.101. The third kappa shape index (κ3) is 12.3. The van der Waals surface area contributed by atoms with E-state index >= 15 is 0 Å². The SMILES string of the molecule is CCCNCC(COC)OCCOCCCOC. The second-order valence-electron chi connectivity index (χ2n) is 4.11. The Kier molecular flexibility index (Phi) is 14.7. The molecule has 0 saturated carbocycles. The predicted molar refractivity (Wildman–Crippen MR) is 72.1 cm³/mol. The van der Waals surface area contributed by atoms with E-state index in [9.17, 15) is 0 Å². The molecule has 0 heterocycles. The molecule has 0 aromatic carbocycles. The lowest BCUT2D eigenvalue weighted by atomic mass is 10.3. The van der Waals surface area contributed by atoms with Crippen LogP contribution < -0.4 is 5.32 Å². The Labute approximate surface area is 111 Å². The van der Waals surface area contributed by atoms with Crippen molar-refractivity contribution >= 4 is 0 Å². The van der Waals surface area contributed by atoms with Crippen molar-refractivity contribution in [2.75, 3.05) is 60.3 Å². The Balaban J connectivity index is 3.39. The molecule has 0 amide bonds. The second kappa shape index (κ2) is 14.9. The van der Waals surface area contributed by atoms with E-state index < -0.39 is 0 Å². The Hall–Kier alpha value is -0.200. The van der Waals surface area contributed by atoms with E-state index in [1.54, 1.807) is 14.2 Å². The van der Waals surface area contributed by atoms with Crippen molar-refractivity contribution in [3.05, 3.63) is 0 Å². The Morgan fingerprint density at radius 3 is 2.50 bits per heavy atom. The van der Waals surface area contributed by atoms with E-state index in [4.69, 9.17) is 18.9 Å². The van der Waals surface area contributed by atoms with Crippen LogP contribution in [0.2, 0.25) is 0 Å². The molecule has 0 saturated heterocycles. The first-order valence-corrected chi connectivity index (χ1v) is 6.73. The average molecular weight is 263 g/mol. The maximum absolute atomic E-state index is 5.69. The molecule has 0 fully saturated rings. The standard InChI is InChI=1S/C13H29NO4/c1-4-6-14-11-13(12-16-3)18-10-9-17-8-5-7-15-2/h13-14H,4-12H2,1-3H3. The lowest BCUT2D eigenvalue weighted by molar-refractivity contribution is -0.0287. The second-order valence-corrected chi connectivity index (χ2v) is 4.11. The molecule has 0 aromatic rings. The van der Waals surface area contributed by atoms with Crippen molar-refractivity contribution in [3.8, 4) is 0 Å². The number of rotatable bonds is 14. The summed E-state index contributed by atoms with van der Waals surface area (Å²) in [4.78, 5) is 0. The zero-order valence-electron chi connectivity index (χ0n) is 12.1. The van der Waals surface area contributed by atoms with Crippen LogP contribution in [0.1, 0.15) is 19.8 Å². The summed E-state index contributed by atoms with van der Waals surface area (Å²) in [7, 11) is 3.39. The molecule has 1 N–H and O–H groups in total. The summed E-state index contributed by atoms with van der Waals surface area (Å²) in [5.41, 5.74) is 0. The number of nitrogens with one attached hydrogen (secondary N) is 1. The normalized spacial score (nSPS) is 12.8. The largest absolute Gasteiger partial charge is 0.385 e. The van der Waals surface area contributed by atoms with Gasteiger partial charge in [-0.2, -0.15) is 0 Å². The zero-order valence-corrected chi connectivity index (χ0v) is 12.1. The van der Waals surface area contributed by atoms with Crippen LogP contribution >= 0.6 is 0 Å². The fourth-order valence-electron chi connectivity index (χ4n) is 1.47. The van der Waals surface area contributed by atoms with Gasteiger partial charge in [0.05, 0.1) is 25.9 Å². The summed E-state index contributed by atoms with van der Waals surface area (Å²) >= 11 is 0. The molecule has 5 heteroatoms. The quantitative estimate of drug-likeness (QED) is 0.475. The smallest absolute Gasteiger partial charge is 0.0933 e. The molecular weight excluding hydrogens is 234 g/mol. The van der Waals surface area contributed by atoms with Gasteiger partial charge < -0.3 is 24.3 Å².